The molecule has 2 N–H and O–H groups in total. The van der Waals surface area contributed by atoms with Crippen molar-refractivity contribution >= 4 is 23.7 Å². The van der Waals surface area contributed by atoms with Crippen LogP contribution in [0.2, 0.25) is 5.02 Å². The molecule has 0 spiro atoms. The molecule has 0 fully saturated rings. The molecular weight excluding hydrogens is 356 g/mol. The lowest BCUT2D eigenvalue weighted by atomic mass is 10.1. The molecule has 2 aromatic carbocycles. The fourth-order valence-corrected chi connectivity index (χ4v) is 2.54. The van der Waals surface area contributed by atoms with E-state index in [-0.39, 0.29) is 23.1 Å². The molecule has 2 aromatic rings. The number of benzene rings is 2. The van der Waals surface area contributed by atoms with E-state index in [1.165, 1.54) is 19.4 Å². The summed E-state index contributed by atoms with van der Waals surface area (Å²) in [6.07, 6.45) is 1.40. The molecule has 0 saturated heterocycles. The number of halogens is 1. The molecule has 0 aromatic heterocycles. The Bertz CT molecular complexity index is 850. The van der Waals surface area contributed by atoms with Gasteiger partial charge in [0.15, 0.2) is 18.1 Å². The second-order valence-electron chi connectivity index (χ2n) is 5.79. The summed E-state index contributed by atoms with van der Waals surface area (Å²) >= 11 is 5.90. The Morgan fingerprint density at radius 2 is 1.96 bits per heavy atom. The Morgan fingerprint density at radius 3 is 2.65 bits per heavy atom. The summed E-state index contributed by atoms with van der Waals surface area (Å²) in [5.74, 6) is 0.393. The number of ether oxygens (including phenoxy) is 2. The van der Waals surface area contributed by atoms with Gasteiger partial charge in [-0.1, -0.05) is 23.7 Å². The normalized spacial score (nSPS) is 10.8. The molecule has 0 aliphatic rings. The van der Waals surface area contributed by atoms with Gasteiger partial charge in [0.1, 0.15) is 5.75 Å². The Labute approximate surface area is 157 Å². The Hall–Kier alpha value is -2.73. The minimum absolute atomic E-state index is 0.130. The van der Waals surface area contributed by atoms with Gasteiger partial charge in [0, 0.05) is 0 Å². The van der Waals surface area contributed by atoms with Crippen LogP contribution in [0.15, 0.2) is 29.4 Å². The van der Waals surface area contributed by atoms with Crippen molar-refractivity contribution in [3.63, 3.8) is 0 Å². The fraction of sp³-hybridized carbons (Fsp3) is 0.263. The Morgan fingerprint density at radius 1 is 1.27 bits per heavy atom. The van der Waals surface area contributed by atoms with Crippen molar-refractivity contribution in [2.75, 3.05) is 13.7 Å². The summed E-state index contributed by atoms with van der Waals surface area (Å²) in [6.45, 7) is 5.72. The highest BCUT2D eigenvalue weighted by atomic mass is 35.5. The minimum atomic E-state index is -0.390. The highest BCUT2D eigenvalue weighted by Gasteiger charge is 2.10. The number of hydrogen-bond acceptors (Lipinski definition) is 5. The van der Waals surface area contributed by atoms with E-state index in [0.29, 0.717) is 11.3 Å². The number of carbonyl (C=O) groups excluding carboxylic acids is 1. The first-order valence-electron chi connectivity index (χ1n) is 7.91. The van der Waals surface area contributed by atoms with Crippen molar-refractivity contribution in [2.24, 2.45) is 5.10 Å². The summed E-state index contributed by atoms with van der Waals surface area (Å²) in [6, 6.07) is 7.02. The molecule has 0 aliphatic heterocycles. The second-order valence-corrected chi connectivity index (χ2v) is 6.20. The van der Waals surface area contributed by atoms with E-state index in [1.807, 2.05) is 32.9 Å². The maximum atomic E-state index is 11.9. The molecule has 0 unspecified atom stereocenters. The molecular formula is C19H21ClN2O4. The van der Waals surface area contributed by atoms with Gasteiger partial charge in [0.05, 0.1) is 18.3 Å². The Balaban J connectivity index is 1.96. The average molecular weight is 377 g/mol. The second kappa shape index (κ2) is 8.58. The molecule has 0 aliphatic carbocycles. The fourth-order valence-electron chi connectivity index (χ4n) is 2.32. The summed E-state index contributed by atoms with van der Waals surface area (Å²) in [5, 5.41) is 13.7. The van der Waals surface area contributed by atoms with Crippen LogP contribution in [0.1, 0.15) is 22.3 Å². The van der Waals surface area contributed by atoms with Crippen molar-refractivity contribution in [3.8, 4) is 17.2 Å². The first kappa shape index (κ1) is 19.6. The first-order chi connectivity index (χ1) is 12.3. The van der Waals surface area contributed by atoms with Gasteiger partial charge in [-0.25, -0.2) is 5.43 Å². The van der Waals surface area contributed by atoms with E-state index in [9.17, 15) is 9.90 Å². The van der Waals surface area contributed by atoms with Gasteiger partial charge in [-0.05, 0) is 55.2 Å². The largest absolute Gasteiger partial charge is 0.503 e. The molecule has 7 heteroatoms. The number of phenolic OH excluding ortho intramolecular Hbond substituents is 1. The standard InChI is InChI=1S/C19H21ClN2O4/c1-11-5-6-12(2)19(13(11)3)26-10-17(23)22-21-9-14-7-15(20)18(24)16(8-14)25-4/h5-9,24H,10H2,1-4H3,(H,22,23). The lowest BCUT2D eigenvalue weighted by molar-refractivity contribution is -0.123. The molecule has 26 heavy (non-hydrogen) atoms. The number of hydrogen-bond donors (Lipinski definition) is 2. The van der Waals surface area contributed by atoms with Crippen molar-refractivity contribution in [1.29, 1.82) is 0 Å². The number of aromatic hydroxyl groups is 1. The van der Waals surface area contributed by atoms with Gasteiger partial charge in [0.25, 0.3) is 5.91 Å². The van der Waals surface area contributed by atoms with E-state index < -0.39 is 5.91 Å². The van der Waals surface area contributed by atoms with Gasteiger partial charge in [-0.15, -0.1) is 0 Å². The van der Waals surface area contributed by atoms with Crippen molar-refractivity contribution in [1.82, 2.24) is 5.43 Å². The molecule has 0 saturated carbocycles. The number of rotatable bonds is 6. The van der Waals surface area contributed by atoms with Crippen LogP contribution >= 0.6 is 11.6 Å². The molecule has 138 valence electrons. The zero-order valence-corrected chi connectivity index (χ0v) is 15.8. The van der Waals surface area contributed by atoms with E-state index in [0.717, 1.165) is 16.7 Å². The zero-order valence-electron chi connectivity index (χ0n) is 15.1. The molecule has 2 rings (SSSR count). The number of nitrogens with zero attached hydrogens (tertiary/aromatic N) is 1. The number of nitrogens with one attached hydrogen (secondary N) is 1. The molecule has 0 atom stereocenters. The van der Waals surface area contributed by atoms with Gasteiger partial charge >= 0.3 is 0 Å². The first-order valence-corrected chi connectivity index (χ1v) is 8.29. The van der Waals surface area contributed by atoms with Crippen LogP contribution in [0.5, 0.6) is 17.2 Å². The van der Waals surface area contributed by atoms with Crippen LogP contribution in [-0.2, 0) is 4.79 Å². The third kappa shape index (κ3) is 4.67. The van der Waals surface area contributed by atoms with Crippen LogP contribution in [0.4, 0.5) is 0 Å². The maximum absolute atomic E-state index is 11.9. The number of phenols is 1. The van der Waals surface area contributed by atoms with Gasteiger partial charge in [-0.2, -0.15) is 5.10 Å². The van der Waals surface area contributed by atoms with Crippen LogP contribution in [0.25, 0.3) is 0 Å². The summed E-state index contributed by atoms with van der Waals surface area (Å²) in [4.78, 5) is 11.9. The number of hydrazone groups is 1. The Kier molecular flexibility index (Phi) is 6.46. The van der Waals surface area contributed by atoms with E-state index in [1.54, 1.807) is 6.07 Å². The highest BCUT2D eigenvalue weighted by molar-refractivity contribution is 6.32. The van der Waals surface area contributed by atoms with Crippen LogP contribution in [-0.4, -0.2) is 30.9 Å². The molecule has 0 heterocycles. The summed E-state index contributed by atoms with van der Waals surface area (Å²) in [7, 11) is 1.42. The molecule has 1 amide bonds. The van der Waals surface area contributed by atoms with Crippen LogP contribution in [0.3, 0.4) is 0 Å². The highest BCUT2D eigenvalue weighted by Crippen LogP contribution is 2.34. The van der Waals surface area contributed by atoms with Crippen molar-refractivity contribution in [2.45, 2.75) is 20.8 Å². The third-order valence-corrected chi connectivity index (χ3v) is 4.18. The lowest BCUT2D eigenvalue weighted by Crippen LogP contribution is -2.25. The van der Waals surface area contributed by atoms with Gasteiger partial charge in [-0.3, -0.25) is 4.79 Å². The third-order valence-electron chi connectivity index (χ3n) is 3.89. The summed E-state index contributed by atoms with van der Waals surface area (Å²) in [5.41, 5.74) is 6.03. The van der Waals surface area contributed by atoms with Gasteiger partial charge < -0.3 is 14.6 Å². The summed E-state index contributed by atoms with van der Waals surface area (Å²) < 4.78 is 10.6. The molecule has 6 nitrogen and oxygen atoms in total. The molecule has 0 radical (unpaired) electrons. The van der Waals surface area contributed by atoms with Crippen molar-refractivity contribution in [3.05, 3.63) is 51.5 Å². The van der Waals surface area contributed by atoms with Crippen molar-refractivity contribution < 1.29 is 19.4 Å². The molecule has 0 bridgehead atoms. The van der Waals surface area contributed by atoms with E-state index >= 15 is 0 Å². The topological polar surface area (TPSA) is 80.2 Å². The van der Waals surface area contributed by atoms with E-state index in [2.05, 4.69) is 10.5 Å². The smallest absolute Gasteiger partial charge is 0.277 e. The monoisotopic (exact) mass is 376 g/mol. The minimum Gasteiger partial charge on any atom is -0.503 e. The number of methoxy groups -OCH3 is 1. The zero-order chi connectivity index (χ0) is 19.3. The quantitative estimate of drug-likeness (QED) is 0.597. The SMILES string of the molecule is COc1cc(C=NNC(=O)COc2c(C)ccc(C)c2C)cc(Cl)c1O. The average Bonchev–Trinajstić information content (AvgIpc) is 2.61. The maximum Gasteiger partial charge on any atom is 0.277 e. The number of amides is 1. The predicted octanol–water partition coefficient (Wildman–Crippen LogP) is 3.51. The van der Waals surface area contributed by atoms with Crippen LogP contribution in [0, 0.1) is 20.8 Å². The number of aryl methyl sites for hydroxylation is 2. The number of carbonyl (C=O) groups is 1. The van der Waals surface area contributed by atoms with Crippen LogP contribution < -0.4 is 14.9 Å². The van der Waals surface area contributed by atoms with Gasteiger partial charge in [0.2, 0.25) is 0 Å². The van der Waals surface area contributed by atoms with E-state index in [4.69, 9.17) is 21.1 Å². The predicted molar refractivity (Wildman–Crippen MR) is 102 cm³/mol. The lowest BCUT2D eigenvalue weighted by Gasteiger charge is -2.13.